The number of para-hydroxylation sites is 1. The van der Waals surface area contributed by atoms with Crippen LogP contribution in [-0.4, -0.2) is 46.0 Å². The third kappa shape index (κ3) is 3.74. The van der Waals surface area contributed by atoms with Gasteiger partial charge in [0, 0.05) is 29.0 Å². The molecule has 0 spiro atoms. The molecule has 0 saturated carbocycles. The van der Waals surface area contributed by atoms with Crippen molar-refractivity contribution >= 4 is 22.6 Å². The first-order chi connectivity index (χ1) is 12.3. The van der Waals surface area contributed by atoms with Crippen LogP contribution in [0.3, 0.4) is 0 Å². The maximum Gasteiger partial charge on any atom is 0.230 e. The first-order valence-electron chi connectivity index (χ1n) is 8.64. The van der Waals surface area contributed by atoms with Gasteiger partial charge in [-0.1, -0.05) is 24.3 Å². The van der Waals surface area contributed by atoms with Gasteiger partial charge in [0.2, 0.25) is 5.91 Å². The van der Waals surface area contributed by atoms with Gasteiger partial charge in [0.05, 0.1) is 18.7 Å². The molecule has 2 aliphatic heterocycles. The Labute approximate surface area is 151 Å². The molecule has 130 valence electrons. The highest BCUT2D eigenvalue weighted by molar-refractivity contribution is 8.08. The Morgan fingerprint density at radius 1 is 1.32 bits per heavy atom. The Bertz CT molecular complexity index is 745. The zero-order valence-electron chi connectivity index (χ0n) is 13.9. The number of nitrogens with zero attached hydrogens (tertiary/aromatic N) is 2. The SMILES string of the molecule is O=C(C1C=C(c2cn[nH]c2)SC1)N1CCCC(Oc2ccccc2)C1. The topological polar surface area (TPSA) is 58.2 Å². The second-order valence-corrected chi connectivity index (χ2v) is 7.48. The molecule has 0 radical (unpaired) electrons. The van der Waals surface area contributed by atoms with Crippen LogP contribution < -0.4 is 4.74 Å². The second-order valence-electron chi connectivity index (χ2n) is 6.41. The number of hydrogen-bond acceptors (Lipinski definition) is 4. The van der Waals surface area contributed by atoms with Crippen LogP contribution in [-0.2, 0) is 4.79 Å². The van der Waals surface area contributed by atoms with Crippen LogP contribution in [0.25, 0.3) is 4.91 Å². The number of amides is 1. The fourth-order valence-electron chi connectivity index (χ4n) is 3.33. The Kier molecular flexibility index (Phi) is 4.78. The summed E-state index contributed by atoms with van der Waals surface area (Å²) in [6, 6.07) is 9.85. The smallest absolute Gasteiger partial charge is 0.230 e. The highest BCUT2D eigenvalue weighted by atomic mass is 32.2. The van der Waals surface area contributed by atoms with Gasteiger partial charge in [-0.15, -0.1) is 11.8 Å². The van der Waals surface area contributed by atoms with Crippen LogP contribution in [0.4, 0.5) is 0 Å². The molecule has 0 bridgehead atoms. The molecule has 0 aliphatic carbocycles. The lowest BCUT2D eigenvalue weighted by atomic mass is 10.0. The fourth-order valence-corrected chi connectivity index (χ4v) is 4.46. The van der Waals surface area contributed by atoms with E-state index >= 15 is 0 Å². The summed E-state index contributed by atoms with van der Waals surface area (Å²) in [6.07, 6.45) is 7.81. The maximum absolute atomic E-state index is 12.9. The van der Waals surface area contributed by atoms with Gasteiger partial charge >= 0.3 is 0 Å². The van der Waals surface area contributed by atoms with Crippen molar-refractivity contribution in [2.24, 2.45) is 5.92 Å². The molecule has 6 heteroatoms. The van der Waals surface area contributed by atoms with Crippen molar-refractivity contribution in [3.63, 3.8) is 0 Å². The van der Waals surface area contributed by atoms with E-state index in [9.17, 15) is 4.79 Å². The van der Waals surface area contributed by atoms with E-state index in [1.54, 1.807) is 18.0 Å². The van der Waals surface area contributed by atoms with Gasteiger partial charge in [0.25, 0.3) is 0 Å². The first-order valence-corrected chi connectivity index (χ1v) is 9.62. The quantitative estimate of drug-likeness (QED) is 0.915. The van der Waals surface area contributed by atoms with Gasteiger partial charge in [-0.3, -0.25) is 9.89 Å². The Balaban J connectivity index is 1.39. The van der Waals surface area contributed by atoms with Crippen LogP contribution in [0.2, 0.25) is 0 Å². The fraction of sp³-hybridized carbons (Fsp3) is 0.368. The van der Waals surface area contributed by atoms with E-state index in [4.69, 9.17) is 4.74 Å². The van der Waals surface area contributed by atoms with E-state index in [2.05, 4.69) is 16.3 Å². The predicted octanol–water partition coefficient (Wildman–Crippen LogP) is 3.18. The number of nitrogens with one attached hydrogen (secondary N) is 1. The zero-order valence-corrected chi connectivity index (χ0v) is 14.7. The third-order valence-electron chi connectivity index (χ3n) is 4.61. The number of carbonyl (C=O) groups is 1. The first kappa shape index (κ1) is 16.3. The van der Waals surface area contributed by atoms with Crippen molar-refractivity contribution in [1.82, 2.24) is 15.1 Å². The number of carbonyl (C=O) groups excluding carboxylic acids is 1. The normalized spacial score (nSPS) is 23.4. The molecule has 1 aromatic heterocycles. The van der Waals surface area contributed by atoms with Gasteiger partial charge in [0.1, 0.15) is 11.9 Å². The summed E-state index contributed by atoms with van der Waals surface area (Å²) < 4.78 is 6.05. The molecule has 1 saturated heterocycles. The summed E-state index contributed by atoms with van der Waals surface area (Å²) in [5.74, 6) is 1.85. The molecule has 4 rings (SSSR count). The average Bonchev–Trinajstić information content (AvgIpc) is 3.34. The van der Waals surface area contributed by atoms with E-state index in [0.29, 0.717) is 6.54 Å². The maximum atomic E-state index is 12.9. The number of ether oxygens (including phenoxy) is 1. The molecule has 1 aromatic carbocycles. The summed E-state index contributed by atoms with van der Waals surface area (Å²) in [5, 5.41) is 6.81. The number of likely N-dealkylation sites (tertiary alicyclic amines) is 1. The Morgan fingerprint density at radius 2 is 2.20 bits per heavy atom. The molecule has 2 aliphatic rings. The number of thioether (sulfide) groups is 1. The summed E-state index contributed by atoms with van der Waals surface area (Å²) in [4.78, 5) is 16.0. The Hall–Kier alpha value is -2.21. The minimum Gasteiger partial charge on any atom is -0.489 e. The van der Waals surface area contributed by atoms with Crippen LogP contribution in [0, 0.1) is 5.92 Å². The van der Waals surface area contributed by atoms with Crippen molar-refractivity contribution in [3.05, 3.63) is 54.4 Å². The number of aromatic nitrogens is 2. The third-order valence-corrected chi connectivity index (χ3v) is 5.82. The number of benzene rings is 1. The van der Waals surface area contributed by atoms with Crippen molar-refractivity contribution in [2.45, 2.75) is 18.9 Å². The summed E-state index contributed by atoms with van der Waals surface area (Å²) >= 11 is 1.73. The molecule has 1 N–H and O–H groups in total. The molecule has 1 fully saturated rings. The molecule has 5 nitrogen and oxygen atoms in total. The zero-order chi connectivity index (χ0) is 17.1. The van der Waals surface area contributed by atoms with Gasteiger partial charge in [-0.25, -0.2) is 0 Å². The lowest BCUT2D eigenvalue weighted by Crippen LogP contribution is -2.46. The van der Waals surface area contributed by atoms with Gasteiger partial charge in [-0.2, -0.15) is 5.10 Å². The van der Waals surface area contributed by atoms with Crippen molar-refractivity contribution in [1.29, 1.82) is 0 Å². The predicted molar refractivity (Wildman–Crippen MR) is 99.2 cm³/mol. The average molecular weight is 355 g/mol. The number of rotatable bonds is 4. The minimum atomic E-state index is -0.0506. The van der Waals surface area contributed by atoms with E-state index in [-0.39, 0.29) is 17.9 Å². The minimum absolute atomic E-state index is 0.0506. The molecule has 3 heterocycles. The molecule has 2 unspecified atom stereocenters. The van der Waals surface area contributed by atoms with Crippen molar-refractivity contribution in [2.75, 3.05) is 18.8 Å². The number of H-pyrrole nitrogens is 1. The van der Waals surface area contributed by atoms with Crippen LogP contribution in [0.15, 0.2) is 48.8 Å². The lowest BCUT2D eigenvalue weighted by molar-refractivity contribution is -0.135. The van der Waals surface area contributed by atoms with E-state index in [0.717, 1.165) is 41.4 Å². The summed E-state index contributed by atoms with van der Waals surface area (Å²) in [5.41, 5.74) is 1.06. The lowest BCUT2D eigenvalue weighted by Gasteiger charge is -2.34. The highest BCUT2D eigenvalue weighted by Crippen LogP contribution is 2.37. The largest absolute Gasteiger partial charge is 0.489 e. The van der Waals surface area contributed by atoms with Crippen molar-refractivity contribution in [3.8, 4) is 5.75 Å². The summed E-state index contributed by atoms with van der Waals surface area (Å²) in [6.45, 7) is 1.49. The Morgan fingerprint density at radius 3 is 3.00 bits per heavy atom. The van der Waals surface area contributed by atoms with Crippen LogP contribution >= 0.6 is 11.8 Å². The van der Waals surface area contributed by atoms with Crippen molar-refractivity contribution < 1.29 is 9.53 Å². The van der Waals surface area contributed by atoms with Crippen LogP contribution in [0.5, 0.6) is 5.75 Å². The molecular weight excluding hydrogens is 334 g/mol. The van der Waals surface area contributed by atoms with Crippen LogP contribution in [0.1, 0.15) is 18.4 Å². The van der Waals surface area contributed by atoms with E-state index < -0.39 is 0 Å². The monoisotopic (exact) mass is 355 g/mol. The standard InChI is InChI=1S/C19H21N3O2S/c23-19(14-9-18(25-13-14)15-10-20-21-11-15)22-8-4-7-17(12-22)24-16-5-2-1-3-6-16/h1-3,5-6,9-11,14,17H,4,7-8,12-13H2,(H,20,21). The molecule has 2 aromatic rings. The number of aromatic amines is 1. The molecule has 2 atom stereocenters. The highest BCUT2D eigenvalue weighted by Gasteiger charge is 2.31. The number of hydrogen-bond donors (Lipinski definition) is 1. The van der Waals surface area contributed by atoms with Gasteiger partial charge < -0.3 is 9.64 Å². The molecule has 25 heavy (non-hydrogen) atoms. The second kappa shape index (κ2) is 7.35. The van der Waals surface area contributed by atoms with Gasteiger partial charge in [0.15, 0.2) is 0 Å². The van der Waals surface area contributed by atoms with E-state index in [1.165, 1.54) is 0 Å². The van der Waals surface area contributed by atoms with Gasteiger partial charge in [-0.05, 0) is 25.0 Å². The number of piperidine rings is 1. The molecule has 1 amide bonds. The summed E-state index contributed by atoms with van der Waals surface area (Å²) in [7, 11) is 0. The molecular formula is C19H21N3O2S. The van der Waals surface area contributed by atoms with E-state index in [1.807, 2.05) is 41.4 Å².